The Morgan fingerprint density at radius 1 is 1.06 bits per heavy atom. The van der Waals surface area contributed by atoms with Crippen LogP contribution >= 0.6 is 11.6 Å². The van der Waals surface area contributed by atoms with E-state index >= 15 is 0 Å². The van der Waals surface area contributed by atoms with Gasteiger partial charge in [0.25, 0.3) is 0 Å². The molecule has 0 saturated heterocycles. The molecule has 0 aliphatic heterocycles. The third-order valence-electron chi connectivity index (χ3n) is 5.90. The lowest BCUT2D eigenvalue weighted by molar-refractivity contribution is -0.147. The molecule has 0 bridgehead atoms. The number of carbonyl (C=O) groups is 2. The monoisotopic (exact) mass is 492 g/mol. The Bertz CT molecular complexity index is 1390. The van der Waals surface area contributed by atoms with Crippen LogP contribution in [0.2, 0.25) is 5.02 Å². The highest BCUT2D eigenvalue weighted by Crippen LogP contribution is 2.31. The SMILES string of the molecule is COC(=O)[C@H](C)Oc1ccc(Cl)c(Cn2c(C)c(C(=O)c3ccc(OC)cc3)c3cnccc32)c1. The first-order chi connectivity index (χ1) is 16.8. The Hall–Kier alpha value is -3.84. The summed E-state index contributed by atoms with van der Waals surface area (Å²) in [6.07, 6.45) is 2.64. The molecule has 7 nitrogen and oxygen atoms in total. The molecule has 0 aliphatic rings. The number of rotatable bonds is 8. The van der Waals surface area contributed by atoms with E-state index in [1.54, 1.807) is 68.9 Å². The Kier molecular flexibility index (Phi) is 7.07. The Morgan fingerprint density at radius 2 is 1.77 bits per heavy atom. The van der Waals surface area contributed by atoms with E-state index < -0.39 is 12.1 Å². The highest BCUT2D eigenvalue weighted by Gasteiger charge is 2.22. The number of methoxy groups -OCH3 is 2. The first-order valence-electron chi connectivity index (χ1n) is 11.0. The van der Waals surface area contributed by atoms with E-state index in [9.17, 15) is 9.59 Å². The van der Waals surface area contributed by atoms with Crippen molar-refractivity contribution in [3.8, 4) is 11.5 Å². The Balaban J connectivity index is 1.73. The number of esters is 1. The van der Waals surface area contributed by atoms with Gasteiger partial charge in [-0.1, -0.05) is 11.6 Å². The van der Waals surface area contributed by atoms with Gasteiger partial charge in [0.05, 0.1) is 25.3 Å². The van der Waals surface area contributed by atoms with Crippen LogP contribution in [-0.2, 0) is 16.1 Å². The number of ether oxygens (including phenoxy) is 3. The van der Waals surface area contributed by atoms with Gasteiger partial charge in [-0.3, -0.25) is 9.78 Å². The van der Waals surface area contributed by atoms with Crippen LogP contribution in [0.15, 0.2) is 60.9 Å². The topological polar surface area (TPSA) is 79.7 Å². The van der Waals surface area contributed by atoms with Gasteiger partial charge in [0.2, 0.25) is 0 Å². The lowest BCUT2D eigenvalue weighted by Crippen LogP contribution is -2.24. The number of hydrogen-bond donors (Lipinski definition) is 0. The average Bonchev–Trinajstić information content (AvgIpc) is 3.16. The first-order valence-corrected chi connectivity index (χ1v) is 11.4. The molecule has 0 amide bonds. The summed E-state index contributed by atoms with van der Waals surface area (Å²) >= 11 is 6.52. The summed E-state index contributed by atoms with van der Waals surface area (Å²) in [5.74, 6) is 0.605. The number of fused-ring (bicyclic) bond motifs is 1. The summed E-state index contributed by atoms with van der Waals surface area (Å²) in [6.45, 7) is 3.92. The molecule has 0 aliphatic carbocycles. The Labute approximate surface area is 208 Å². The molecular weight excluding hydrogens is 468 g/mol. The van der Waals surface area contributed by atoms with Crippen molar-refractivity contribution in [2.24, 2.45) is 0 Å². The lowest BCUT2D eigenvalue weighted by Gasteiger charge is -2.15. The first kappa shape index (κ1) is 24.3. The van der Waals surface area contributed by atoms with Crippen molar-refractivity contribution in [1.82, 2.24) is 9.55 Å². The summed E-state index contributed by atoms with van der Waals surface area (Å²) < 4.78 is 17.7. The quantitative estimate of drug-likeness (QED) is 0.247. The minimum absolute atomic E-state index is 0.100. The highest BCUT2D eigenvalue weighted by atomic mass is 35.5. The van der Waals surface area contributed by atoms with Crippen LogP contribution in [0.25, 0.3) is 10.9 Å². The molecule has 180 valence electrons. The molecule has 4 rings (SSSR count). The normalized spacial score (nSPS) is 11.8. The minimum Gasteiger partial charge on any atom is -0.497 e. The van der Waals surface area contributed by atoms with E-state index in [4.69, 9.17) is 25.8 Å². The zero-order valence-corrected chi connectivity index (χ0v) is 20.6. The maximum absolute atomic E-state index is 13.5. The summed E-state index contributed by atoms with van der Waals surface area (Å²) in [4.78, 5) is 29.5. The van der Waals surface area contributed by atoms with Gasteiger partial charge in [-0.05, 0) is 67.9 Å². The largest absolute Gasteiger partial charge is 0.497 e. The molecular formula is C27H25ClN2O5. The van der Waals surface area contributed by atoms with Crippen molar-refractivity contribution in [2.75, 3.05) is 14.2 Å². The van der Waals surface area contributed by atoms with Crippen molar-refractivity contribution in [3.05, 3.63) is 88.3 Å². The number of aromatic nitrogens is 2. The van der Waals surface area contributed by atoms with E-state index in [-0.39, 0.29) is 5.78 Å². The predicted molar refractivity (Wildman–Crippen MR) is 134 cm³/mol. The molecule has 0 unspecified atom stereocenters. The van der Waals surface area contributed by atoms with Crippen molar-refractivity contribution in [3.63, 3.8) is 0 Å². The van der Waals surface area contributed by atoms with Gasteiger partial charge in [-0.25, -0.2) is 4.79 Å². The van der Waals surface area contributed by atoms with Crippen LogP contribution in [0.3, 0.4) is 0 Å². The van der Waals surface area contributed by atoms with Crippen LogP contribution < -0.4 is 9.47 Å². The minimum atomic E-state index is -0.761. The zero-order valence-electron chi connectivity index (χ0n) is 19.9. The maximum atomic E-state index is 13.5. The second-order valence-electron chi connectivity index (χ2n) is 8.03. The molecule has 8 heteroatoms. The number of ketones is 1. The highest BCUT2D eigenvalue weighted by molar-refractivity contribution is 6.31. The number of hydrogen-bond acceptors (Lipinski definition) is 6. The molecule has 4 aromatic rings. The fraction of sp³-hybridized carbons (Fsp3) is 0.222. The second-order valence-corrected chi connectivity index (χ2v) is 8.44. The number of benzene rings is 2. The van der Waals surface area contributed by atoms with Crippen LogP contribution in [0, 0.1) is 6.92 Å². The smallest absolute Gasteiger partial charge is 0.346 e. The average molecular weight is 493 g/mol. The summed E-state index contributed by atoms with van der Waals surface area (Å²) in [6, 6.07) is 14.1. The van der Waals surface area contributed by atoms with Crippen LogP contribution in [0.5, 0.6) is 11.5 Å². The third kappa shape index (κ3) is 4.86. The fourth-order valence-corrected chi connectivity index (χ4v) is 4.21. The summed E-state index contributed by atoms with van der Waals surface area (Å²) in [5.41, 5.74) is 3.57. The molecule has 0 N–H and O–H groups in total. The van der Waals surface area contributed by atoms with Gasteiger partial charge >= 0.3 is 5.97 Å². The van der Waals surface area contributed by atoms with Gasteiger partial charge < -0.3 is 18.8 Å². The van der Waals surface area contributed by atoms with Crippen molar-refractivity contribution < 1.29 is 23.8 Å². The van der Waals surface area contributed by atoms with E-state index in [0.29, 0.717) is 34.2 Å². The van der Waals surface area contributed by atoms with Gasteiger partial charge in [-0.15, -0.1) is 0 Å². The molecule has 35 heavy (non-hydrogen) atoms. The molecule has 0 radical (unpaired) electrons. The van der Waals surface area contributed by atoms with E-state index in [1.807, 2.05) is 17.6 Å². The van der Waals surface area contributed by atoms with Crippen LogP contribution in [0.4, 0.5) is 0 Å². The number of nitrogens with zero attached hydrogens (tertiary/aromatic N) is 2. The molecule has 0 saturated carbocycles. The number of halogens is 1. The van der Waals surface area contributed by atoms with E-state index in [2.05, 4.69) is 4.98 Å². The predicted octanol–water partition coefficient (Wildman–Crippen LogP) is 5.23. The third-order valence-corrected chi connectivity index (χ3v) is 6.26. The van der Waals surface area contributed by atoms with E-state index in [1.165, 1.54) is 7.11 Å². The second kappa shape index (κ2) is 10.2. The Morgan fingerprint density at radius 3 is 2.46 bits per heavy atom. The van der Waals surface area contributed by atoms with Gasteiger partial charge in [0, 0.05) is 40.6 Å². The van der Waals surface area contributed by atoms with Crippen molar-refractivity contribution in [1.29, 1.82) is 0 Å². The van der Waals surface area contributed by atoms with Crippen molar-refractivity contribution >= 4 is 34.3 Å². The fourth-order valence-electron chi connectivity index (χ4n) is 4.04. The molecule has 2 aromatic heterocycles. The van der Waals surface area contributed by atoms with Crippen LogP contribution in [-0.4, -0.2) is 41.6 Å². The lowest BCUT2D eigenvalue weighted by atomic mass is 10.0. The molecule has 2 aromatic carbocycles. The number of pyridine rings is 1. The molecule has 2 heterocycles. The van der Waals surface area contributed by atoms with Crippen LogP contribution in [0.1, 0.15) is 34.1 Å². The van der Waals surface area contributed by atoms with E-state index in [0.717, 1.165) is 22.2 Å². The number of carbonyl (C=O) groups excluding carboxylic acids is 2. The zero-order chi connectivity index (χ0) is 25.1. The van der Waals surface area contributed by atoms with Crippen molar-refractivity contribution in [2.45, 2.75) is 26.5 Å². The standard InChI is InChI=1S/C27H25ClN2O5/c1-16-25(26(31)18-5-7-20(33-3)8-6-18)22-14-29-12-11-24(22)30(16)15-19-13-21(9-10-23(19)28)35-17(2)27(32)34-4/h5-14,17H,15H2,1-4H3/t17-/m0/s1. The summed E-state index contributed by atoms with van der Waals surface area (Å²) in [5, 5.41) is 1.30. The molecule has 0 fully saturated rings. The maximum Gasteiger partial charge on any atom is 0.346 e. The summed E-state index contributed by atoms with van der Waals surface area (Å²) in [7, 11) is 2.90. The van der Waals surface area contributed by atoms with Gasteiger partial charge in [-0.2, -0.15) is 0 Å². The molecule has 1 atom stereocenters. The molecule has 0 spiro atoms. The van der Waals surface area contributed by atoms with Gasteiger partial charge in [0.1, 0.15) is 11.5 Å². The van der Waals surface area contributed by atoms with Gasteiger partial charge in [0.15, 0.2) is 11.9 Å².